The Labute approximate surface area is 174 Å². The number of benzene rings is 2. The monoisotopic (exact) mass is 415 g/mol. The van der Waals surface area contributed by atoms with Crippen LogP contribution in [0.3, 0.4) is 0 Å². The summed E-state index contributed by atoms with van der Waals surface area (Å²) in [5.41, 5.74) is 1.16. The summed E-state index contributed by atoms with van der Waals surface area (Å²) in [6, 6.07) is 16.3. The number of nitrogens with one attached hydrogen (secondary N) is 2. The third kappa shape index (κ3) is 6.18. The molecule has 5 nitrogen and oxygen atoms in total. The van der Waals surface area contributed by atoms with Crippen molar-refractivity contribution in [1.29, 1.82) is 0 Å². The van der Waals surface area contributed by atoms with Crippen molar-refractivity contribution in [1.82, 2.24) is 14.9 Å². The van der Waals surface area contributed by atoms with Gasteiger partial charge in [0, 0.05) is 23.9 Å². The van der Waals surface area contributed by atoms with Crippen molar-refractivity contribution in [3.8, 4) is 11.3 Å². The van der Waals surface area contributed by atoms with E-state index in [-0.39, 0.29) is 0 Å². The fourth-order valence-corrected chi connectivity index (χ4v) is 2.86. The van der Waals surface area contributed by atoms with Gasteiger partial charge in [-0.3, -0.25) is 0 Å². The molecule has 3 aromatic rings. The van der Waals surface area contributed by atoms with Crippen molar-refractivity contribution in [2.24, 2.45) is 0 Å². The second-order valence-corrected chi connectivity index (χ2v) is 7.12. The van der Waals surface area contributed by atoms with Gasteiger partial charge in [-0.25, -0.2) is 4.98 Å². The van der Waals surface area contributed by atoms with E-state index in [9.17, 15) is 13.2 Å². The molecule has 1 aromatic heterocycles. The SMILES string of the molecule is CN(C)CCCNc1nc(Nc2cccc(C(F)(F)F)c2)cc(-c2ccccc2)n1. The molecular weight excluding hydrogens is 391 g/mol. The second-order valence-electron chi connectivity index (χ2n) is 7.12. The Morgan fingerprint density at radius 2 is 1.70 bits per heavy atom. The van der Waals surface area contributed by atoms with Crippen molar-refractivity contribution in [3.63, 3.8) is 0 Å². The molecule has 1 heterocycles. The van der Waals surface area contributed by atoms with Crippen LogP contribution in [0.25, 0.3) is 11.3 Å². The predicted octanol–water partition coefficient (Wildman–Crippen LogP) is 5.27. The molecule has 0 aliphatic rings. The maximum atomic E-state index is 13.0. The van der Waals surface area contributed by atoms with Gasteiger partial charge in [-0.05, 0) is 45.3 Å². The van der Waals surface area contributed by atoms with Crippen LogP contribution in [0.5, 0.6) is 0 Å². The quantitative estimate of drug-likeness (QED) is 0.491. The van der Waals surface area contributed by atoms with E-state index in [4.69, 9.17) is 0 Å². The van der Waals surface area contributed by atoms with Crippen LogP contribution in [0.15, 0.2) is 60.7 Å². The van der Waals surface area contributed by atoms with Gasteiger partial charge in [-0.2, -0.15) is 18.2 Å². The molecule has 0 atom stereocenters. The normalized spacial score (nSPS) is 11.5. The lowest BCUT2D eigenvalue weighted by Gasteiger charge is -2.14. The molecule has 3 rings (SSSR count). The molecule has 0 aliphatic carbocycles. The number of halogens is 3. The van der Waals surface area contributed by atoms with Gasteiger partial charge < -0.3 is 15.5 Å². The molecule has 2 aromatic carbocycles. The number of hydrogen-bond donors (Lipinski definition) is 2. The molecule has 0 unspecified atom stereocenters. The van der Waals surface area contributed by atoms with Crippen LogP contribution < -0.4 is 10.6 Å². The van der Waals surface area contributed by atoms with Gasteiger partial charge in [0.1, 0.15) is 5.82 Å². The van der Waals surface area contributed by atoms with Crippen LogP contribution in [-0.4, -0.2) is 42.1 Å². The summed E-state index contributed by atoms with van der Waals surface area (Å²) in [5.74, 6) is 0.836. The summed E-state index contributed by atoms with van der Waals surface area (Å²) in [4.78, 5) is 11.1. The van der Waals surface area contributed by atoms with Crippen LogP contribution in [0, 0.1) is 0 Å². The Balaban J connectivity index is 1.86. The lowest BCUT2D eigenvalue weighted by atomic mass is 10.1. The number of anilines is 3. The topological polar surface area (TPSA) is 53.1 Å². The Bertz CT molecular complexity index is 958. The molecule has 2 N–H and O–H groups in total. The molecule has 158 valence electrons. The minimum atomic E-state index is -4.41. The first-order valence-electron chi connectivity index (χ1n) is 9.58. The van der Waals surface area contributed by atoms with Crippen molar-refractivity contribution >= 4 is 17.5 Å². The molecule has 0 spiro atoms. The van der Waals surface area contributed by atoms with Crippen LogP contribution in [-0.2, 0) is 6.18 Å². The first-order chi connectivity index (χ1) is 14.3. The minimum absolute atomic E-state index is 0.307. The van der Waals surface area contributed by atoms with Crippen molar-refractivity contribution in [2.75, 3.05) is 37.8 Å². The van der Waals surface area contributed by atoms with Crippen LogP contribution in [0.4, 0.5) is 30.6 Å². The lowest BCUT2D eigenvalue weighted by molar-refractivity contribution is -0.137. The Morgan fingerprint density at radius 3 is 2.40 bits per heavy atom. The highest BCUT2D eigenvalue weighted by Gasteiger charge is 2.30. The zero-order valence-electron chi connectivity index (χ0n) is 16.9. The maximum absolute atomic E-state index is 13.0. The number of aromatic nitrogens is 2. The van der Waals surface area contributed by atoms with Gasteiger partial charge in [0.25, 0.3) is 0 Å². The van der Waals surface area contributed by atoms with Crippen molar-refractivity contribution in [2.45, 2.75) is 12.6 Å². The lowest BCUT2D eigenvalue weighted by Crippen LogP contribution is -2.17. The van der Waals surface area contributed by atoms with E-state index in [1.807, 2.05) is 44.4 Å². The first-order valence-corrected chi connectivity index (χ1v) is 9.58. The molecule has 8 heteroatoms. The van der Waals surface area contributed by atoms with Crippen molar-refractivity contribution < 1.29 is 13.2 Å². The summed E-state index contributed by atoms with van der Waals surface area (Å²) in [6.45, 7) is 1.60. The minimum Gasteiger partial charge on any atom is -0.354 e. The highest BCUT2D eigenvalue weighted by Crippen LogP contribution is 2.31. The molecule has 0 saturated carbocycles. The number of alkyl halides is 3. The Kier molecular flexibility index (Phi) is 6.89. The van der Waals surface area contributed by atoms with E-state index in [1.54, 1.807) is 12.1 Å². The molecule has 0 bridgehead atoms. The van der Waals surface area contributed by atoms with Crippen LogP contribution in [0.1, 0.15) is 12.0 Å². The molecule has 30 heavy (non-hydrogen) atoms. The number of rotatable bonds is 8. The van der Waals surface area contributed by atoms with E-state index >= 15 is 0 Å². The third-order valence-corrected chi connectivity index (χ3v) is 4.32. The standard InChI is InChI=1S/C22H24F3N5/c1-30(2)13-7-12-26-21-28-19(16-8-4-3-5-9-16)15-20(29-21)27-18-11-6-10-17(14-18)22(23,24)25/h3-6,8-11,14-15H,7,12-13H2,1-2H3,(H2,26,27,28,29). The highest BCUT2D eigenvalue weighted by molar-refractivity contribution is 5.67. The molecular formula is C22H24F3N5. The largest absolute Gasteiger partial charge is 0.416 e. The van der Waals surface area contributed by atoms with E-state index in [0.29, 0.717) is 29.7 Å². The highest BCUT2D eigenvalue weighted by atomic mass is 19.4. The van der Waals surface area contributed by atoms with Gasteiger partial charge in [-0.1, -0.05) is 36.4 Å². The van der Waals surface area contributed by atoms with Crippen LogP contribution in [0.2, 0.25) is 0 Å². The van der Waals surface area contributed by atoms with E-state index in [0.717, 1.165) is 30.7 Å². The van der Waals surface area contributed by atoms with E-state index < -0.39 is 11.7 Å². The number of nitrogens with zero attached hydrogens (tertiary/aromatic N) is 3. The average molecular weight is 415 g/mol. The van der Waals surface area contributed by atoms with Gasteiger partial charge in [0.2, 0.25) is 5.95 Å². The summed E-state index contributed by atoms with van der Waals surface area (Å²) in [6.07, 6.45) is -3.50. The summed E-state index contributed by atoms with van der Waals surface area (Å²) in [7, 11) is 4.01. The predicted molar refractivity (Wildman–Crippen MR) is 114 cm³/mol. The summed E-state index contributed by atoms with van der Waals surface area (Å²) in [5, 5.41) is 6.18. The maximum Gasteiger partial charge on any atom is 0.416 e. The fourth-order valence-electron chi connectivity index (χ4n) is 2.86. The molecule has 0 saturated heterocycles. The average Bonchev–Trinajstić information content (AvgIpc) is 2.71. The summed E-state index contributed by atoms with van der Waals surface area (Å²) >= 11 is 0. The van der Waals surface area contributed by atoms with E-state index in [1.165, 1.54) is 6.07 Å². The smallest absolute Gasteiger partial charge is 0.354 e. The van der Waals surface area contributed by atoms with Gasteiger partial charge in [-0.15, -0.1) is 0 Å². The Morgan fingerprint density at radius 1 is 0.933 bits per heavy atom. The molecule has 0 aliphatic heterocycles. The van der Waals surface area contributed by atoms with Crippen LogP contribution >= 0.6 is 0 Å². The third-order valence-electron chi connectivity index (χ3n) is 4.32. The molecule has 0 fully saturated rings. The van der Waals surface area contributed by atoms with Gasteiger partial charge >= 0.3 is 6.18 Å². The van der Waals surface area contributed by atoms with E-state index in [2.05, 4.69) is 25.5 Å². The molecule has 0 radical (unpaired) electrons. The fraction of sp³-hybridized carbons (Fsp3) is 0.273. The Hall–Kier alpha value is -3.13. The second kappa shape index (κ2) is 9.58. The van der Waals surface area contributed by atoms with Gasteiger partial charge in [0.05, 0.1) is 11.3 Å². The number of hydrogen-bond acceptors (Lipinski definition) is 5. The van der Waals surface area contributed by atoms with Crippen molar-refractivity contribution in [3.05, 3.63) is 66.2 Å². The zero-order chi connectivity index (χ0) is 21.6. The van der Waals surface area contributed by atoms with Gasteiger partial charge in [0.15, 0.2) is 0 Å². The first kappa shape index (κ1) is 21.6. The molecule has 0 amide bonds. The summed E-state index contributed by atoms with van der Waals surface area (Å²) < 4.78 is 39.1. The zero-order valence-corrected chi connectivity index (χ0v) is 16.9.